The molecule has 6 aliphatic rings. The lowest BCUT2D eigenvalue weighted by molar-refractivity contribution is 0.270. The molecular formula is C33H61N5. The van der Waals surface area contributed by atoms with Crippen LogP contribution in [0.4, 0.5) is 0 Å². The predicted molar refractivity (Wildman–Crippen MR) is 159 cm³/mol. The molecule has 16 unspecified atom stereocenters. The number of rotatable bonds is 2. The zero-order chi connectivity index (χ0) is 26.6. The lowest BCUT2D eigenvalue weighted by Gasteiger charge is -2.31. The molecule has 0 saturated carbocycles. The van der Waals surface area contributed by atoms with E-state index in [-0.39, 0.29) is 0 Å². The van der Waals surface area contributed by atoms with Gasteiger partial charge >= 0.3 is 0 Å². The number of hydrogen-bond donors (Lipinski definition) is 5. The minimum Gasteiger partial charge on any atom is -0.311 e. The fraction of sp³-hybridized carbons (Fsp3) is 1.00. The van der Waals surface area contributed by atoms with Crippen molar-refractivity contribution < 1.29 is 0 Å². The van der Waals surface area contributed by atoms with Gasteiger partial charge in [-0.25, -0.2) is 0 Å². The average Bonchev–Trinajstić information content (AvgIpc) is 3.72. The molecule has 38 heavy (non-hydrogen) atoms. The van der Waals surface area contributed by atoms with Crippen molar-refractivity contribution in [2.45, 2.75) is 173 Å². The summed E-state index contributed by atoms with van der Waals surface area (Å²) in [7, 11) is 0. The second kappa shape index (κ2) is 11.6. The molecule has 6 rings (SSSR count). The van der Waals surface area contributed by atoms with Gasteiger partial charge in [-0.15, -0.1) is 0 Å². The Morgan fingerprint density at radius 3 is 1.18 bits per heavy atom. The monoisotopic (exact) mass is 527 g/mol. The minimum absolute atomic E-state index is 0.664. The van der Waals surface area contributed by atoms with Crippen LogP contribution in [-0.2, 0) is 0 Å². The summed E-state index contributed by atoms with van der Waals surface area (Å²) in [5.41, 5.74) is 0. The quantitative estimate of drug-likeness (QED) is 0.357. The fourth-order valence-corrected chi connectivity index (χ4v) is 10.8. The Morgan fingerprint density at radius 1 is 0.395 bits per heavy atom. The van der Waals surface area contributed by atoms with E-state index >= 15 is 0 Å². The van der Waals surface area contributed by atoms with Gasteiger partial charge in [0.1, 0.15) is 0 Å². The SMILES string of the molecule is CCC1C2CC3CCC(N3)C(C)C3CCC(N3)C(C)C3CCC(CC4NC(CC(N2)C1C)C(C)C4CC)N3. The van der Waals surface area contributed by atoms with Gasteiger partial charge in [-0.1, -0.05) is 54.4 Å². The van der Waals surface area contributed by atoms with Crippen LogP contribution in [0.1, 0.15) is 112 Å². The highest BCUT2D eigenvalue weighted by Gasteiger charge is 2.47. The largest absolute Gasteiger partial charge is 0.311 e. The summed E-state index contributed by atoms with van der Waals surface area (Å²) in [6.45, 7) is 15.1. The first-order valence-corrected chi connectivity index (χ1v) is 17.2. The topological polar surface area (TPSA) is 60.1 Å². The molecule has 6 fully saturated rings. The minimum atomic E-state index is 0.664. The molecule has 0 amide bonds. The normalized spacial score (nSPS) is 55.4. The van der Waals surface area contributed by atoms with E-state index in [9.17, 15) is 0 Å². The van der Waals surface area contributed by atoms with Crippen LogP contribution >= 0.6 is 0 Å². The van der Waals surface area contributed by atoms with Crippen LogP contribution < -0.4 is 26.6 Å². The van der Waals surface area contributed by atoms with E-state index in [1.165, 1.54) is 70.6 Å². The molecule has 0 spiro atoms. The number of hydrogen-bond acceptors (Lipinski definition) is 5. The van der Waals surface area contributed by atoms with Crippen molar-refractivity contribution in [1.82, 2.24) is 26.6 Å². The summed E-state index contributed by atoms with van der Waals surface area (Å²) < 4.78 is 0. The van der Waals surface area contributed by atoms with E-state index < -0.39 is 0 Å². The van der Waals surface area contributed by atoms with Gasteiger partial charge in [0, 0.05) is 60.4 Å². The Bertz CT molecular complexity index is 727. The fourth-order valence-electron chi connectivity index (χ4n) is 10.8. The third kappa shape index (κ3) is 5.26. The van der Waals surface area contributed by atoms with Crippen LogP contribution in [0, 0.1) is 35.5 Å². The lowest BCUT2D eigenvalue weighted by atomic mass is 9.80. The van der Waals surface area contributed by atoms with E-state index in [1.54, 1.807) is 0 Å². The van der Waals surface area contributed by atoms with Crippen LogP contribution in [0.5, 0.6) is 0 Å². The molecule has 6 aliphatic heterocycles. The van der Waals surface area contributed by atoms with E-state index in [4.69, 9.17) is 0 Å². The maximum Gasteiger partial charge on any atom is 0.0116 e. The van der Waals surface area contributed by atoms with E-state index in [2.05, 4.69) is 68.1 Å². The Labute approximate surface area is 234 Å². The summed E-state index contributed by atoms with van der Waals surface area (Å²) in [6, 6.07) is 6.82. The van der Waals surface area contributed by atoms with Gasteiger partial charge in [0.2, 0.25) is 0 Å². The second-order valence-corrected chi connectivity index (χ2v) is 15.1. The molecule has 0 aromatic rings. The summed E-state index contributed by atoms with van der Waals surface area (Å²) in [6.07, 6.45) is 14.8. The smallest absolute Gasteiger partial charge is 0.0116 e. The summed E-state index contributed by atoms with van der Waals surface area (Å²) in [5, 5.41) is 21.0. The molecule has 5 N–H and O–H groups in total. The van der Waals surface area contributed by atoms with Gasteiger partial charge in [0.25, 0.3) is 0 Å². The van der Waals surface area contributed by atoms with Crippen LogP contribution in [0.25, 0.3) is 0 Å². The molecular weight excluding hydrogens is 466 g/mol. The third-order valence-corrected chi connectivity index (χ3v) is 13.3. The Hall–Kier alpha value is -0.200. The third-order valence-electron chi connectivity index (χ3n) is 13.3. The van der Waals surface area contributed by atoms with Gasteiger partial charge in [-0.2, -0.15) is 0 Å². The van der Waals surface area contributed by atoms with Crippen molar-refractivity contribution in [2.75, 3.05) is 0 Å². The Morgan fingerprint density at radius 2 is 0.763 bits per heavy atom. The van der Waals surface area contributed by atoms with Crippen molar-refractivity contribution in [3.05, 3.63) is 0 Å². The predicted octanol–water partition coefficient (Wildman–Crippen LogP) is 4.81. The molecule has 218 valence electrons. The molecule has 0 aliphatic carbocycles. The highest BCUT2D eigenvalue weighted by atomic mass is 15.1. The summed E-state index contributed by atoms with van der Waals surface area (Å²) >= 11 is 0. The van der Waals surface area contributed by atoms with Crippen molar-refractivity contribution in [2.24, 2.45) is 35.5 Å². The molecule has 0 radical (unpaired) electrons. The molecule has 0 aromatic carbocycles. The van der Waals surface area contributed by atoms with Crippen LogP contribution in [0.2, 0.25) is 0 Å². The maximum absolute atomic E-state index is 4.25. The van der Waals surface area contributed by atoms with Gasteiger partial charge in [0.05, 0.1) is 0 Å². The highest BCUT2D eigenvalue weighted by molar-refractivity contribution is 5.05. The zero-order valence-corrected chi connectivity index (χ0v) is 25.5. The van der Waals surface area contributed by atoms with Gasteiger partial charge < -0.3 is 26.6 Å². The Balaban J connectivity index is 1.22. The molecule has 16 atom stereocenters. The van der Waals surface area contributed by atoms with E-state index in [0.717, 1.165) is 35.5 Å². The molecule has 0 aromatic heterocycles. The summed E-state index contributed by atoms with van der Waals surface area (Å²) in [4.78, 5) is 0. The standard InChI is InChI=1S/C33H61N5/c1-7-24-18(3)30-17-31-19(4)25(8-2)33(38-31)16-23-10-12-27(35-23)21(6)29-14-13-28(36-29)20(5)26-11-9-22(34-26)15-32(24)37-30/h18-38H,7-17H2,1-6H3. The lowest BCUT2D eigenvalue weighted by Crippen LogP contribution is -2.49. The van der Waals surface area contributed by atoms with Crippen molar-refractivity contribution >= 4 is 0 Å². The van der Waals surface area contributed by atoms with Crippen molar-refractivity contribution in [3.8, 4) is 0 Å². The van der Waals surface area contributed by atoms with Crippen LogP contribution in [0.15, 0.2) is 0 Å². The molecule has 10 bridgehead atoms. The number of fused-ring (bicyclic) bond motifs is 10. The zero-order valence-electron chi connectivity index (χ0n) is 25.5. The van der Waals surface area contributed by atoms with Gasteiger partial charge in [0.15, 0.2) is 0 Å². The first-order chi connectivity index (χ1) is 18.4. The average molecular weight is 528 g/mol. The highest BCUT2D eigenvalue weighted by Crippen LogP contribution is 2.41. The molecule has 6 saturated heterocycles. The van der Waals surface area contributed by atoms with E-state index in [1.807, 2.05) is 0 Å². The summed E-state index contributed by atoms with van der Waals surface area (Å²) in [5.74, 6) is 4.65. The van der Waals surface area contributed by atoms with E-state index in [0.29, 0.717) is 60.4 Å². The Kier molecular flexibility index (Phi) is 8.52. The van der Waals surface area contributed by atoms with Crippen LogP contribution in [0.3, 0.4) is 0 Å². The molecule has 5 heteroatoms. The van der Waals surface area contributed by atoms with Crippen molar-refractivity contribution in [3.63, 3.8) is 0 Å². The first-order valence-electron chi connectivity index (χ1n) is 17.2. The number of nitrogens with one attached hydrogen (secondary N) is 5. The molecule has 5 nitrogen and oxygen atoms in total. The first kappa shape index (κ1) is 27.9. The van der Waals surface area contributed by atoms with Gasteiger partial charge in [-0.05, 0) is 93.3 Å². The maximum atomic E-state index is 4.25. The van der Waals surface area contributed by atoms with Crippen LogP contribution in [-0.4, -0.2) is 60.4 Å². The van der Waals surface area contributed by atoms with Gasteiger partial charge in [-0.3, -0.25) is 0 Å². The second-order valence-electron chi connectivity index (χ2n) is 15.1. The van der Waals surface area contributed by atoms with Crippen molar-refractivity contribution in [1.29, 1.82) is 0 Å². The molecule has 6 heterocycles.